The van der Waals surface area contributed by atoms with Gasteiger partial charge in [-0.1, -0.05) is 36.4 Å². The summed E-state index contributed by atoms with van der Waals surface area (Å²) in [5, 5.41) is 0. The number of anilines is 1. The van der Waals surface area contributed by atoms with Gasteiger partial charge in [0.15, 0.2) is 6.61 Å². The zero-order valence-corrected chi connectivity index (χ0v) is 16.5. The lowest BCUT2D eigenvalue weighted by Crippen LogP contribution is -2.41. The first kappa shape index (κ1) is 19.8. The summed E-state index contributed by atoms with van der Waals surface area (Å²) < 4.78 is 20.2. The molecule has 0 unspecified atom stereocenters. The minimum absolute atomic E-state index is 0.0733. The number of nitrogens with two attached hydrogens (primary N) is 1. The van der Waals surface area contributed by atoms with Crippen molar-refractivity contribution in [1.82, 2.24) is 14.9 Å². The van der Waals surface area contributed by atoms with Crippen molar-refractivity contribution in [3.63, 3.8) is 0 Å². The highest BCUT2D eigenvalue weighted by Gasteiger charge is 2.32. The van der Waals surface area contributed by atoms with Gasteiger partial charge in [-0.15, -0.1) is 0 Å². The number of amides is 1. The second kappa shape index (κ2) is 8.90. The van der Waals surface area contributed by atoms with Crippen LogP contribution in [0, 0.1) is 5.82 Å². The summed E-state index contributed by atoms with van der Waals surface area (Å²) in [4.78, 5) is 23.3. The third-order valence-corrected chi connectivity index (χ3v) is 5.25. The molecule has 4 rings (SSSR count). The molecule has 1 aliphatic heterocycles. The van der Waals surface area contributed by atoms with Crippen molar-refractivity contribution < 1.29 is 13.9 Å². The summed E-state index contributed by atoms with van der Waals surface area (Å²) in [6.07, 6.45) is 4.08. The second-order valence-electron chi connectivity index (χ2n) is 7.21. The first-order valence-electron chi connectivity index (χ1n) is 9.98. The zero-order valence-electron chi connectivity index (χ0n) is 16.5. The van der Waals surface area contributed by atoms with E-state index in [1.807, 2.05) is 30.3 Å². The molecule has 7 heteroatoms. The molecule has 2 aromatic carbocycles. The van der Waals surface area contributed by atoms with Gasteiger partial charge in [-0.25, -0.2) is 14.4 Å². The predicted molar refractivity (Wildman–Crippen MR) is 112 cm³/mol. The van der Waals surface area contributed by atoms with Crippen LogP contribution in [-0.4, -0.2) is 33.9 Å². The smallest absolute Gasteiger partial charge is 0.261 e. The molecule has 0 bridgehead atoms. The first-order valence-corrected chi connectivity index (χ1v) is 9.98. The van der Waals surface area contributed by atoms with E-state index < -0.39 is 0 Å². The monoisotopic (exact) mass is 406 g/mol. The summed E-state index contributed by atoms with van der Waals surface area (Å²) in [5.41, 5.74) is 7.38. The fourth-order valence-electron chi connectivity index (χ4n) is 3.81. The molecule has 1 amide bonds. The number of nitrogens with zero attached hydrogens (tertiary/aromatic N) is 3. The van der Waals surface area contributed by atoms with Gasteiger partial charge < -0.3 is 15.4 Å². The molecule has 0 saturated carbocycles. The van der Waals surface area contributed by atoms with Gasteiger partial charge in [0.05, 0.1) is 11.7 Å². The van der Waals surface area contributed by atoms with Crippen molar-refractivity contribution in [2.24, 2.45) is 0 Å². The van der Waals surface area contributed by atoms with Crippen LogP contribution in [0.1, 0.15) is 31.0 Å². The van der Waals surface area contributed by atoms with E-state index in [4.69, 9.17) is 10.5 Å². The standard InChI is InChI=1S/C23H23FN4O2/c24-19-11-5-4-10-17(19)18-14-26-23(25)27-22(18)20-12-6-7-13-28(20)21(29)15-30-16-8-2-1-3-9-16/h1-5,8-11,14,20H,6-7,12-13,15H2,(H2,25,26,27)/t20-/m0/s1. The van der Waals surface area contributed by atoms with Gasteiger partial charge in [-0.2, -0.15) is 0 Å². The molecule has 6 nitrogen and oxygen atoms in total. The highest BCUT2D eigenvalue weighted by molar-refractivity contribution is 5.79. The summed E-state index contributed by atoms with van der Waals surface area (Å²) >= 11 is 0. The molecule has 0 aliphatic carbocycles. The van der Waals surface area contributed by atoms with E-state index in [0.717, 1.165) is 19.3 Å². The Morgan fingerprint density at radius 1 is 1.10 bits per heavy atom. The Balaban J connectivity index is 1.63. The topological polar surface area (TPSA) is 81.3 Å². The van der Waals surface area contributed by atoms with Gasteiger partial charge in [0.2, 0.25) is 5.95 Å². The highest BCUT2D eigenvalue weighted by Crippen LogP contribution is 2.36. The lowest BCUT2D eigenvalue weighted by molar-refractivity contribution is -0.137. The third-order valence-electron chi connectivity index (χ3n) is 5.25. The van der Waals surface area contributed by atoms with Crippen LogP contribution in [0.25, 0.3) is 11.1 Å². The molecular formula is C23H23FN4O2. The average Bonchev–Trinajstić information content (AvgIpc) is 2.79. The summed E-state index contributed by atoms with van der Waals surface area (Å²) in [6.45, 7) is 0.512. The molecule has 1 aliphatic rings. The number of ether oxygens (including phenoxy) is 1. The fourth-order valence-corrected chi connectivity index (χ4v) is 3.81. The molecule has 154 valence electrons. The van der Waals surface area contributed by atoms with Crippen LogP contribution in [0.4, 0.5) is 10.3 Å². The van der Waals surface area contributed by atoms with Crippen LogP contribution in [0.2, 0.25) is 0 Å². The maximum Gasteiger partial charge on any atom is 0.261 e. The van der Waals surface area contributed by atoms with Gasteiger partial charge in [0.25, 0.3) is 5.91 Å². The second-order valence-corrected chi connectivity index (χ2v) is 7.21. The number of piperidine rings is 1. The maximum atomic E-state index is 14.5. The molecule has 1 fully saturated rings. The van der Waals surface area contributed by atoms with E-state index in [2.05, 4.69) is 9.97 Å². The normalized spacial score (nSPS) is 16.3. The third kappa shape index (κ3) is 4.25. The number of likely N-dealkylation sites (tertiary alicyclic amines) is 1. The van der Waals surface area contributed by atoms with E-state index in [-0.39, 0.29) is 30.3 Å². The molecule has 1 saturated heterocycles. The lowest BCUT2D eigenvalue weighted by atomic mass is 9.93. The number of aromatic nitrogens is 2. The van der Waals surface area contributed by atoms with Gasteiger partial charge >= 0.3 is 0 Å². The average molecular weight is 406 g/mol. The van der Waals surface area contributed by atoms with Gasteiger partial charge in [-0.05, 0) is 37.5 Å². The molecular weight excluding hydrogens is 383 g/mol. The number of rotatable bonds is 5. The molecule has 1 atom stereocenters. The van der Waals surface area contributed by atoms with Gasteiger partial charge in [0.1, 0.15) is 11.6 Å². The summed E-state index contributed by atoms with van der Waals surface area (Å²) in [5.74, 6) is 0.231. The van der Waals surface area contributed by atoms with Crippen LogP contribution >= 0.6 is 0 Å². The van der Waals surface area contributed by atoms with Crippen molar-refractivity contribution in [3.05, 3.63) is 72.3 Å². The van der Waals surface area contributed by atoms with E-state index in [1.165, 1.54) is 12.3 Å². The molecule has 3 aromatic rings. The number of carbonyl (C=O) groups excluding carboxylic acids is 1. The van der Waals surface area contributed by atoms with Gasteiger partial charge in [-0.3, -0.25) is 4.79 Å². The maximum absolute atomic E-state index is 14.5. The Morgan fingerprint density at radius 2 is 1.87 bits per heavy atom. The Kier molecular flexibility index (Phi) is 5.88. The summed E-state index contributed by atoms with van der Waals surface area (Å²) in [7, 11) is 0. The Bertz CT molecular complexity index is 1030. The minimum atomic E-state index is -0.367. The Hall–Kier alpha value is -3.48. The Labute approximate surface area is 174 Å². The number of benzene rings is 2. The SMILES string of the molecule is Nc1ncc(-c2ccccc2F)c([C@@H]2CCCCN2C(=O)COc2ccccc2)n1. The molecule has 2 heterocycles. The molecule has 2 N–H and O–H groups in total. The van der Waals surface area contributed by atoms with Crippen molar-refractivity contribution in [3.8, 4) is 16.9 Å². The zero-order chi connectivity index (χ0) is 20.9. The van der Waals surface area contributed by atoms with Crippen molar-refractivity contribution in [2.75, 3.05) is 18.9 Å². The molecule has 1 aromatic heterocycles. The minimum Gasteiger partial charge on any atom is -0.484 e. The van der Waals surface area contributed by atoms with E-state index in [0.29, 0.717) is 29.1 Å². The Morgan fingerprint density at radius 3 is 2.67 bits per heavy atom. The van der Waals surface area contributed by atoms with Crippen LogP contribution < -0.4 is 10.5 Å². The number of para-hydroxylation sites is 1. The number of nitrogen functional groups attached to an aromatic ring is 1. The predicted octanol–water partition coefficient (Wildman–Crippen LogP) is 4.00. The molecule has 30 heavy (non-hydrogen) atoms. The number of hydrogen-bond acceptors (Lipinski definition) is 5. The summed E-state index contributed by atoms with van der Waals surface area (Å²) in [6, 6.07) is 15.4. The van der Waals surface area contributed by atoms with Gasteiger partial charge in [0, 0.05) is 23.9 Å². The van der Waals surface area contributed by atoms with Crippen molar-refractivity contribution >= 4 is 11.9 Å². The molecule has 0 radical (unpaired) electrons. The van der Waals surface area contributed by atoms with E-state index in [9.17, 15) is 9.18 Å². The van der Waals surface area contributed by atoms with Crippen molar-refractivity contribution in [1.29, 1.82) is 0 Å². The highest BCUT2D eigenvalue weighted by atomic mass is 19.1. The van der Waals surface area contributed by atoms with E-state index in [1.54, 1.807) is 23.1 Å². The van der Waals surface area contributed by atoms with E-state index >= 15 is 0 Å². The lowest BCUT2D eigenvalue weighted by Gasteiger charge is -2.36. The first-order chi connectivity index (χ1) is 14.6. The van der Waals surface area contributed by atoms with Crippen molar-refractivity contribution in [2.45, 2.75) is 25.3 Å². The van der Waals surface area contributed by atoms with Crippen LogP contribution in [0.15, 0.2) is 60.8 Å². The number of carbonyl (C=O) groups is 1. The molecule has 0 spiro atoms. The number of halogens is 1. The number of hydrogen-bond donors (Lipinski definition) is 1. The quantitative estimate of drug-likeness (QED) is 0.693. The van der Waals surface area contributed by atoms with Crippen LogP contribution in [0.5, 0.6) is 5.75 Å². The fraction of sp³-hybridized carbons (Fsp3) is 0.261. The largest absolute Gasteiger partial charge is 0.484 e. The van der Waals surface area contributed by atoms with Crippen LogP contribution in [0.3, 0.4) is 0 Å². The van der Waals surface area contributed by atoms with Crippen LogP contribution in [-0.2, 0) is 4.79 Å².